The van der Waals surface area contributed by atoms with E-state index in [2.05, 4.69) is 102 Å². The summed E-state index contributed by atoms with van der Waals surface area (Å²) in [4.78, 5) is 11.5. The van der Waals surface area contributed by atoms with Crippen LogP contribution in [-0.4, -0.2) is 54.9 Å². The first-order valence-electron chi connectivity index (χ1n) is 15.3. The predicted molar refractivity (Wildman–Crippen MR) is 197 cm³/mol. The number of methoxy groups -OCH3 is 1. The second kappa shape index (κ2) is 17.8. The van der Waals surface area contributed by atoms with E-state index in [1.165, 1.54) is 27.9 Å². The maximum Gasteiger partial charge on any atom is 0.337 e. The highest BCUT2D eigenvalue weighted by molar-refractivity contribution is 9.09. The molecule has 0 unspecified atom stereocenters. The Morgan fingerprint density at radius 2 is 0.913 bits per heavy atom. The third-order valence-electron chi connectivity index (χ3n) is 7.78. The van der Waals surface area contributed by atoms with Gasteiger partial charge in [-0.05, 0) is 58.1 Å². The van der Waals surface area contributed by atoms with Crippen LogP contribution in [0.1, 0.15) is 10.4 Å². The van der Waals surface area contributed by atoms with Crippen molar-refractivity contribution in [2.75, 3.05) is 32.3 Å². The number of hydrogen-bond donors (Lipinski definition) is 0. The number of esters is 1. The van der Waals surface area contributed by atoms with Gasteiger partial charge in [0.25, 0.3) is 16.6 Å². The van der Waals surface area contributed by atoms with E-state index in [0.717, 1.165) is 11.9 Å². The van der Waals surface area contributed by atoms with E-state index in [1.807, 2.05) is 48.5 Å². The molecule has 0 aliphatic carbocycles. The van der Waals surface area contributed by atoms with Gasteiger partial charge in [-0.25, -0.2) is 4.79 Å². The van der Waals surface area contributed by atoms with E-state index in [1.54, 1.807) is 24.3 Å². The van der Waals surface area contributed by atoms with Crippen LogP contribution in [0.2, 0.25) is 13.1 Å². The lowest BCUT2D eigenvalue weighted by Crippen LogP contribution is -2.58. The summed E-state index contributed by atoms with van der Waals surface area (Å²) in [6.07, 6.45) is 0. The molecule has 0 saturated heterocycles. The summed E-state index contributed by atoms with van der Waals surface area (Å²) in [5.41, 5.74) is 0.499. The van der Waals surface area contributed by atoms with Gasteiger partial charge in [-0.15, -0.1) is 0 Å². The highest BCUT2D eigenvalue weighted by atomic mass is 79.9. The molecule has 0 radical (unpaired) electrons. The minimum atomic E-state index is -2.31. The van der Waals surface area contributed by atoms with Crippen molar-refractivity contribution < 1.29 is 23.1 Å². The van der Waals surface area contributed by atoms with Gasteiger partial charge in [0.2, 0.25) is 0 Å². The van der Waals surface area contributed by atoms with E-state index in [9.17, 15) is 4.79 Å². The molecule has 0 aliphatic heterocycles. The van der Waals surface area contributed by atoms with E-state index in [0.29, 0.717) is 24.5 Å². The van der Waals surface area contributed by atoms with Gasteiger partial charge in [0.15, 0.2) is 0 Å². The number of hydrogen-bond acceptors (Lipinski definition) is 5. The molecule has 0 N–H and O–H groups in total. The van der Waals surface area contributed by atoms with Crippen LogP contribution in [0.4, 0.5) is 0 Å². The molecule has 0 bridgehead atoms. The van der Waals surface area contributed by atoms with Gasteiger partial charge in [0.05, 0.1) is 19.3 Å². The van der Waals surface area contributed by atoms with E-state index < -0.39 is 16.6 Å². The van der Waals surface area contributed by atoms with Gasteiger partial charge in [-0.3, -0.25) is 0 Å². The number of rotatable bonds is 13. The molecule has 0 aliphatic rings. The van der Waals surface area contributed by atoms with E-state index >= 15 is 0 Å². The Balaban J connectivity index is 0.000000230. The van der Waals surface area contributed by atoms with Crippen molar-refractivity contribution in [1.82, 2.24) is 0 Å². The monoisotopic (exact) mass is 712 g/mol. The summed E-state index contributed by atoms with van der Waals surface area (Å²) >= 11 is 3.44. The first kappa shape index (κ1) is 35.1. The van der Waals surface area contributed by atoms with Gasteiger partial charge < -0.3 is 18.3 Å². The number of benzene rings is 5. The lowest BCUT2D eigenvalue weighted by atomic mass is 10.2. The highest BCUT2D eigenvalue weighted by Gasteiger charge is 2.34. The third kappa shape index (κ3) is 9.37. The Kier molecular flexibility index (Phi) is 13.6. The molecular weight excluding hydrogens is 672 g/mol. The molecule has 0 spiro atoms. The zero-order chi connectivity index (χ0) is 32.7. The average Bonchev–Trinajstić information content (AvgIpc) is 3.14. The van der Waals surface area contributed by atoms with Crippen LogP contribution in [0.5, 0.6) is 5.75 Å². The van der Waals surface area contributed by atoms with E-state index in [4.69, 9.17) is 18.3 Å². The van der Waals surface area contributed by atoms with Crippen molar-refractivity contribution in [3.8, 4) is 5.75 Å². The standard InChI is InChI=1S/C23H24O4Si.C15H17BrOSi/c1-25-23(24)19-13-15-20(16-14-19)26-17-18-27-28(2,21-9-5-3-6-10-21)22-11-7-4-8-12-22;1-18(17-13-12-16,14-8-4-2-5-9-14)15-10-6-3-7-11-15/h3-16H,17-18H2,1-2H3;2-11H,12-13H2,1H3. The SMILES string of the molecule is COC(=O)c1ccc(OCCO[Si](C)(c2ccccc2)c2ccccc2)cc1.C[Si](OCCBr)(c1ccccc1)c1ccccc1. The molecule has 0 amide bonds. The minimum Gasteiger partial charge on any atom is -0.491 e. The van der Waals surface area contributed by atoms with Crippen LogP contribution >= 0.6 is 15.9 Å². The number of alkyl halides is 1. The van der Waals surface area contributed by atoms with Crippen LogP contribution < -0.4 is 25.5 Å². The quantitative estimate of drug-likeness (QED) is 0.0645. The maximum atomic E-state index is 11.5. The number of ether oxygens (including phenoxy) is 2. The molecular formula is C38H41BrO5Si2. The topological polar surface area (TPSA) is 54.0 Å². The molecule has 46 heavy (non-hydrogen) atoms. The van der Waals surface area contributed by atoms with Crippen molar-refractivity contribution >= 4 is 59.3 Å². The number of halogens is 1. The van der Waals surface area contributed by atoms with Crippen molar-refractivity contribution in [2.45, 2.75) is 13.1 Å². The third-order valence-corrected chi connectivity index (χ3v) is 15.4. The first-order chi connectivity index (χ1) is 22.4. The maximum absolute atomic E-state index is 11.5. The Labute approximate surface area is 283 Å². The second-order valence-electron chi connectivity index (χ2n) is 10.8. The molecule has 5 aromatic carbocycles. The van der Waals surface area contributed by atoms with Crippen LogP contribution in [0.25, 0.3) is 0 Å². The van der Waals surface area contributed by atoms with Crippen molar-refractivity contribution in [2.24, 2.45) is 0 Å². The van der Waals surface area contributed by atoms with Gasteiger partial charge in [0, 0.05) is 11.9 Å². The number of carbonyl (C=O) groups is 1. The summed E-state index contributed by atoms with van der Waals surface area (Å²) < 4.78 is 23.2. The summed E-state index contributed by atoms with van der Waals surface area (Å²) in [5, 5.41) is 5.96. The van der Waals surface area contributed by atoms with Crippen LogP contribution in [0.15, 0.2) is 146 Å². The zero-order valence-electron chi connectivity index (χ0n) is 26.6. The summed E-state index contributed by atoms with van der Waals surface area (Å²) in [6, 6.07) is 48.8. The molecule has 5 nitrogen and oxygen atoms in total. The van der Waals surface area contributed by atoms with Crippen LogP contribution in [0, 0.1) is 0 Å². The van der Waals surface area contributed by atoms with Gasteiger partial charge in [-0.2, -0.15) is 0 Å². The van der Waals surface area contributed by atoms with Crippen LogP contribution in [-0.2, 0) is 13.6 Å². The zero-order valence-corrected chi connectivity index (χ0v) is 30.2. The first-order valence-corrected chi connectivity index (χ1v) is 21.2. The Hall–Kier alpha value is -3.80. The lowest BCUT2D eigenvalue weighted by Gasteiger charge is -2.28. The summed E-state index contributed by atoms with van der Waals surface area (Å²) in [6.45, 7) is 6.13. The Morgan fingerprint density at radius 3 is 1.26 bits per heavy atom. The fraction of sp³-hybridized carbons (Fsp3) is 0.184. The summed E-state index contributed by atoms with van der Waals surface area (Å²) in [7, 11) is -3.00. The lowest BCUT2D eigenvalue weighted by molar-refractivity contribution is 0.0600. The van der Waals surface area contributed by atoms with Crippen molar-refractivity contribution in [3.63, 3.8) is 0 Å². The smallest absolute Gasteiger partial charge is 0.337 e. The normalized spacial score (nSPS) is 11.2. The molecule has 0 fully saturated rings. The molecule has 0 saturated carbocycles. The van der Waals surface area contributed by atoms with Gasteiger partial charge >= 0.3 is 5.97 Å². The molecule has 8 heteroatoms. The minimum absolute atomic E-state index is 0.359. The molecule has 5 rings (SSSR count). The second-order valence-corrected chi connectivity index (χ2v) is 18.6. The average molecular weight is 714 g/mol. The highest BCUT2D eigenvalue weighted by Crippen LogP contribution is 2.14. The predicted octanol–water partition coefficient (Wildman–Crippen LogP) is 6.05. The molecule has 0 atom stereocenters. The molecule has 0 aromatic heterocycles. The Morgan fingerprint density at radius 1 is 0.543 bits per heavy atom. The van der Waals surface area contributed by atoms with Crippen molar-refractivity contribution in [1.29, 1.82) is 0 Å². The molecule has 238 valence electrons. The molecule has 5 aromatic rings. The van der Waals surface area contributed by atoms with E-state index in [-0.39, 0.29) is 5.97 Å². The largest absolute Gasteiger partial charge is 0.491 e. The van der Waals surface area contributed by atoms with Crippen LogP contribution in [0.3, 0.4) is 0 Å². The fourth-order valence-electron chi connectivity index (χ4n) is 5.14. The number of carbonyl (C=O) groups excluding carboxylic acids is 1. The summed E-state index contributed by atoms with van der Waals surface area (Å²) in [5.74, 6) is 0.335. The fourth-order valence-corrected chi connectivity index (χ4v) is 11.3. The molecule has 0 heterocycles. The Bertz CT molecular complexity index is 1510. The van der Waals surface area contributed by atoms with Crippen molar-refractivity contribution in [3.05, 3.63) is 151 Å². The van der Waals surface area contributed by atoms with Gasteiger partial charge in [-0.1, -0.05) is 137 Å². The van der Waals surface area contributed by atoms with Gasteiger partial charge in [0.1, 0.15) is 12.4 Å².